The molecule has 128 valence electrons. The van der Waals surface area contributed by atoms with Gasteiger partial charge >= 0.3 is 0 Å². The third-order valence-corrected chi connectivity index (χ3v) is 4.57. The summed E-state index contributed by atoms with van der Waals surface area (Å²) in [6.07, 6.45) is 4.17. The maximum absolute atomic E-state index is 5.87. The Kier molecular flexibility index (Phi) is 6.62. The van der Waals surface area contributed by atoms with Crippen LogP contribution in [0.2, 0.25) is 5.02 Å². The zero-order valence-corrected chi connectivity index (χ0v) is 15.1. The molecule has 0 saturated heterocycles. The Labute approximate surface area is 156 Å². The summed E-state index contributed by atoms with van der Waals surface area (Å²) in [6.45, 7) is 1.68. The fourth-order valence-corrected chi connectivity index (χ4v) is 3.08. The summed E-state index contributed by atoms with van der Waals surface area (Å²) in [7, 11) is 0. The molecule has 3 aromatic rings. The zero-order valence-electron chi connectivity index (χ0n) is 13.5. The van der Waals surface area contributed by atoms with Crippen LogP contribution < -0.4 is 5.32 Å². The summed E-state index contributed by atoms with van der Waals surface area (Å²) in [5.41, 5.74) is 2.11. The molecular formula is C18H18ClN5S. The number of rotatable bonds is 8. The second-order valence-corrected chi connectivity index (χ2v) is 6.71. The van der Waals surface area contributed by atoms with Gasteiger partial charge in [-0.1, -0.05) is 65.8 Å². The van der Waals surface area contributed by atoms with Crippen LogP contribution in [-0.2, 0) is 0 Å². The van der Waals surface area contributed by atoms with Crippen molar-refractivity contribution in [2.45, 2.75) is 5.16 Å². The molecule has 0 fully saturated rings. The molecule has 5 nitrogen and oxygen atoms in total. The molecule has 2 aromatic carbocycles. The first kappa shape index (κ1) is 17.7. The van der Waals surface area contributed by atoms with Crippen LogP contribution in [0.15, 0.2) is 65.8 Å². The number of tetrazole rings is 1. The predicted octanol–water partition coefficient (Wildman–Crippen LogP) is 3.71. The molecule has 25 heavy (non-hydrogen) atoms. The number of thioether (sulfide) groups is 1. The third kappa shape index (κ3) is 5.42. The quantitative estimate of drug-likeness (QED) is 0.483. The highest BCUT2D eigenvalue weighted by Gasteiger charge is 2.07. The maximum Gasteiger partial charge on any atom is 0.214 e. The Morgan fingerprint density at radius 1 is 1.08 bits per heavy atom. The molecule has 1 heterocycles. The Morgan fingerprint density at radius 3 is 2.68 bits per heavy atom. The van der Waals surface area contributed by atoms with E-state index >= 15 is 0 Å². The van der Waals surface area contributed by atoms with Gasteiger partial charge in [-0.15, -0.1) is 5.10 Å². The fourth-order valence-electron chi connectivity index (χ4n) is 2.17. The predicted molar refractivity (Wildman–Crippen MR) is 103 cm³/mol. The van der Waals surface area contributed by atoms with E-state index in [9.17, 15) is 0 Å². The minimum absolute atomic E-state index is 0.755. The SMILES string of the molecule is Clc1ccc(/C=C/CNCCSc2nnnn2-c2ccccc2)cc1. The molecule has 7 heteroatoms. The summed E-state index contributed by atoms with van der Waals surface area (Å²) in [5.74, 6) is 0.891. The number of hydrogen-bond acceptors (Lipinski definition) is 5. The summed E-state index contributed by atoms with van der Waals surface area (Å²) < 4.78 is 1.76. The van der Waals surface area contributed by atoms with Crippen molar-refractivity contribution in [2.75, 3.05) is 18.8 Å². The average molecular weight is 372 g/mol. The molecule has 0 atom stereocenters. The highest BCUT2D eigenvalue weighted by molar-refractivity contribution is 7.99. The largest absolute Gasteiger partial charge is 0.312 e. The van der Waals surface area contributed by atoms with Crippen molar-refractivity contribution in [3.63, 3.8) is 0 Å². The van der Waals surface area contributed by atoms with Crippen molar-refractivity contribution < 1.29 is 0 Å². The second-order valence-electron chi connectivity index (χ2n) is 5.22. The van der Waals surface area contributed by atoms with E-state index in [2.05, 4.69) is 33.0 Å². The molecule has 0 aliphatic carbocycles. The minimum atomic E-state index is 0.755. The highest BCUT2D eigenvalue weighted by Crippen LogP contribution is 2.17. The monoisotopic (exact) mass is 371 g/mol. The standard InChI is InChI=1S/C18H18ClN5S/c19-16-10-8-15(9-11-16)5-4-12-20-13-14-25-18-21-22-23-24(18)17-6-2-1-3-7-17/h1-11,20H,12-14H2/b5-4+. The van der Waals surface area contributed by atoms with E-state index in [-0.39, 0.29) is 0 Å². The van der Waals surface area contributed by atoms with E-state index in [4.69, 9.17) is 11.6 Å². The molecule has 0 radical (unpaired) electrons. The molecule has 3 rings (SSSR count). The van der Waals surface area contributed by atoms with Crippen molar-refractivity contribution in [1.29, 1.82) is 0 Å². The molecule has 0 bridgehead atoms. The van der Waals surface area contributed by atoms with Crippen molar-refractivity contribution in [2.24, 2.45) is 0 Å². The molecular weight excluding hydrogens is 354 g/mol. The van der Waals surface area contributed by atoms with E-state index in [1.807, 2.05) is 54.6 Å². The van der Waals surface area contributed by atoms with Crippen molar-refractivity contribution >= 4 is 29.4 Å². The van der Waals surface area contributed by atoms with Crippen LogP contribution in [0.25, 0.3) is 11.8 Å². The van der Waals surface area contributed by atoms with Gasteiger partial charge in [-0.3, -0.25) is 0 Å². The van der Waals surface area contributed by atoms with Crippen LogP contribution in [0.3, 0.4) is 0 Å². The number of nitrogens with zero attached hydrogens (tertiary/aromatic N) is 4. The Balaban J connectivity index is 1.39. The lowest BCUT2D eigenvalue weighted by molar-refractivity contribution is 0.754. The molecule has 0 aliphatic heterocycles. The molecule has 0 amide bonds. The van der Waals surface area contributed by atoms with E-state index in [1.165, 1.54) is 0 Å². The molecule has 0 saturated carbocycles. The van der Waals surface area contributed by atoms with Gasteiger partial charge in [0.05, 0.1) is 5.69 Å². The summed E-state index contributed by atoms with van der Waals surface area (Å²) in [5, 5.41) is 16.8. The van der Waals surface area contributed by atoms with E-state index in [0.717, 1.165) is 40.3 Å². The molecule has 0 spiro atoms. The molecule has 1 aromatic heterocycles. The smallest absolute Gasteiger partial charge is 0.214 e. The lowest BCUT2D eigenvalue weighted by Crippen LogP contribution is -2.17. The fraction of sp³-hybridized carbons (Fsp3) is 0.167. The Hall–Kier alpha value is -2.15. The number of para-hydroxylation sites is 1. The number of aromatic nitrogens is 4. The van der Waals surface area contributed by atoms with Gasteiger partial charge in [-0.25, -0.2) is 0 Å². The van der Waals surface area contributed by atoms with Gasteiger partial charge < -0.3 is 5.32 Å². The van der Waals surface area contributed by atoms with E-state index in [0.29, 0.717) is 0 Å². The van der Waals surface area contributed by atoms with Crippen molar-refractivity contribution in [3.05, 3.63) is 71.3 Å². The van der Waals surface area contributed by atoms with Gasteiger partial charge in [0.2, 0.25) is 5.16 Å². The number of hydrogen-bond donors (Lipinski definition) is 1. The van der Waals surface area contributed by atoms with Gasteiger partial charge in [0.25, 0.3) is 0 Å². The lowest BCUT2D eigenvalue weighted by Gasteiger charge is -2.04. The van der Waals surface area contributed by atoms with Crippen LogP contribution in [-0.4, -0.2) is 39.0 Å². The molecule has 0 aliphatic rings. The summed E-state index contributed by atoms with van der Waals surface area (Å²) in [4.78, 5) is 0. The first-order chi connectivity index (χ1) is 12.3. The van der Waals surface area contributed by atoms with Gasteiger partial charge in [0, 0.05) is 23.9 Å². The lowest BCUT2D eigenvalue weighted by atomic mass is 10.2. The maximum atomic E-state index is 5.87. The van der Waals surface area contributed by atoms with Crippen molar-refractivity contribution in [1.82, 2.24) is 25.5 Å². The van der Waals surface area contributed by atoms with Crippen LogP contribution >= 0.6 is 23.4 Å². The topological polar surface area (TPSA) is 55.6 Å². The first-order valence-electron chi connectivity index (χ1n) is 7.92. The van der Waals surface area contributed by atoms with Crippen LogP contribution in [0.4, 0.5) is 0 Å². The van der Waals surface area contributed by atoms with Crippen molar-refractivity contribution in [3.8, 4) is 5.69 Å². The number of halogens is 1. The zero-order chi connectivity index (χ0) is 17.3. The minimum Gasteiger partial charge on any atom is -0.312 e. The molecule has 1 N–H and O–H groups in total. The van der Waals surface area contributed by atoms with Gasteiger partial charge in [0.15, 0.2) is 0 Å². The Morgan fingerprint density at radius 2 is 1.88 bits per heavy atom. The Bertz CT molecular complexity index is 802. The van der Waals surface area contributed by atoms with Crippen LogP contribution in [0.5, 0.6) is 0 Å². The number of nitrogens with one attached hydrogen (secondary N) is 1. The summed E-state index contributed by atoms with van der Waals surface area (Å²) in [6, 6.07) is 17.7. The highest BCUT2D eigenvalue weighted by atomic mass is 35.5. The third-order valence-electron chi connectivity index (χ3n) is 3.39. The van der Waals surface area contributed by atoms with Gasteiger partial charge in [-0.05, 0) is 40.3 Å². The van der Waals surface area contributed by atoms with E-state index < -0.39 is 0 Å². The average Bonchev–Trinajstić information content (AvgIpc) is 3.12. The van der Waals surface area contributed by atoms with Crippen LogP contribution in [0, 0.1) is 0 Å². The molecule has 0 unspecified atom stereocenters. The summed E-state index contributed by atoms with van der Waals surface area (Å²) >= 11 is 7.50. The first-order valence-corrected chi connectivity index (χ1v) is 9.29. The van der Waals surface area contributed by atoms with Crippen LogP contribution in [0.1, 0.15) is 5.56 Å². The van der Waals surface area contributed by atoms with Gasteiger partial charge in [0.1, 0.15) is 0 Å². The number of benzene rings is 2. The second kappa shape index (κ2) is 9.36. The normalized spacial score (nSPS) is 11.2. The van der Waals surface area contributed by atoms with Gasteiger partial charge in [-0.2, -0.15) is 4.68 Å². The van der Waals surface area contributed by atoms with E-state index in [1.54, 1.807) is 16.4 Å².